The van der Waals surface area contributed by atoms with Crippen molar-refractivity contribution < 1.29 is 14.3 Å². The predicted octanol–water partition coefficient (Wildman–Crippen LogP) is 1.92. The van der Waals surface area contributed by atoms with Gasteiger partial charge in [-0.25, -0.2) is 0 Å². The quantitative estimate of drug-likeness (QED) is 0.836. The van der Waals surface area contributed by atoms with E-state index in [0.29, 0.717) is 18.3 Å². The Morgan fingerprint density at radius 3 is 2.59 bits per heavy atom. The van der Waals surface area contributed by atoms with Crippen LogP contribution in [0, 0.1) is 5.92 Å². The van der Waals surface area contributed by atoms with Gasteiger partial charge in [0.2, 0.25) is 0 Å². The third-order valence-corrected chi connectivity index (χ3v) is 3.86. The average molecular weight is 306 g/mol. The second-order valence-electron chi connectivity index (χ2n) is 5.60. The molecular weight excluding hydrogens is 280 g/mol. The summed E-state index contributed by atoms with van der Waals surface area (Å²) in [5, 5.41) is 3.19. The first kappa shape index (κ1) is 16.6. The molecule has 1 aliphatic rings. The molecule has 1 atom stereocenters. The minimum absolute atomic E-state index is 0.0645. The minimum atomic E-state index is 0.0645. The zero-order valence-electron chi connectivity index (χ0n) is 13.5. The van der Waals surface area contributed by atoms with Crippen molar-refractivity contribution in [1.29, 1.82) is 0 Å². The highest BCUT2D eigenvalue weighted by Crippen LogP contribution is 2.19. The molecule has 1 amide bonds. The summed E-state index contributed by atoms with van der Waals surface area (Å²) >= 11 is 0. The topological polar surface area (TPSA) is 50.8 Å². The lowest BCUT2D eigenvalue weighted by Gasteiger charge is -2.32. The maximum absolute atomic E-state index is 12.2. The summed E-state index contributed by atoms with van der Waals surface area (Å²) in [5.41, 5.74) is 0. The lowest BCUT2D eigenvalue weighted by atomic mass is 9.98. The Morgan fingerprint density at radius 2 is 1.95 bits per heavy atom. The molecule has 0 spiro atoms. The second kappa shape index (κ2) is 8.63. The van der Waals surface area contributed by atoms with E-state index in [-0.39, 0.29) is 12.5 Å². The van der Waals surface area contributed by atoms with Crippen LogP contribution in [-0.4, -0.2) is 50.7 Å². The molecule has 22 heavy (non-hydrogen) atoms. The van der Waals surface area contributed by atoms with E-state index in [2.05, 4.69) is 5.32 Å². The van der Waals surface area contributed by atoms with Crippen LogP contribution in [0.4, 0.5) is 0 Å². The molecule has 1 saturated heterocycles. The van der Waals surface area contributed by atoms with Crippen molar-refractivity contribution in [3.63, 3.8) is 0 Å². The maximum atomic E-state index is 12.2. The Labute approximate surface area is 132 Å². The van der Waals surface area contributed by atoms with Crippen molar-refractivity contribution in [2.24, 2.45) is 5.92 Å². The largest absolute Gasteiger partial charge is 0.494 e. The van der Waals surface area contributed by atoms with Gasteiger partial charge in [0.1, 0.15) is 11.5 Å². The van der Waals surface area contributed by atoms with Crippen molar-refractivity contribution in [3.05, 3.63) is 24.3 Å². The lowest BCUT2D eigenvalue weighted by Crippen LogP contribution is -2.44. The number of piperidine rings is 1. The highest BCUT2D eigenvalue weighted by atomic mass is 16.5. The standard InChI is InChI=1S/C17H26N2O3/c1-3-21-15-6-8-16(9-7-15)22-13-17(20)19-10-4-5-14(12-19)11-18-2/h6-9,14,18H,3-5,10-13H2,1-2H3. The molecule has 1 aromatic carbocycles. The molecule has 0 saturated carbocycles. The van der Waals surface area contributed by atoms with E-state index in [4.69, 9.17) is 9.47 Å². The monoisotopic (exact) mass is 306 g/mol. The number of carbonyl (C=O) groups is 1. The Morgan fingerprint density at radius 1 is 1.27 bits per heavy atom. The zero-order valence-corrected chi connectivity index (χ0v) is 13.5. The van der Waals surface area contributed by atoms with Gasteiger partial charge >= 0.3 is 0 Å². The van der Waals surface area contributed by atoms with Gasteiger partial charge in [-0.15, -0.1) is 0 Å². The van der Waals surface area contributed by atoms with Crippen molar-refractivity contribution in [3.8, 4) is 11.5 Å². The van der Waals surface area contributed by atoms with E-state index < -0.39 is 0 Å². The molecule has 2 rings (SSSR count). The van der Waals surface area contributed by atoms with Crippen molar-refractivity contribution in [2.45, 2.75) is 19.8 Å². The van der Waals surface area contributed by atoms with Crippen LogP contribution in [0.1, 0.15) is 19.8 Å². The van der Waals surface area contributed by atoms with Crippen molar-refractivity contribution in [1.82, 2.24) is 10.2 Å². The van der Waals surface area contributed by atoms with Crippen LogP contribution in [0.3, 0.4) is 0 Å². The SMILES string of the molecule is CCOc1ccc(OCC(=O)N2CCCC(CNC)C2)cc1. The molecule has 0 aromatic heterocycles. The van der Waals surface area contributed by atoms with Gasteiger partial charge < -0.3 is 19.7 Å². The molecule has 1 N–H and O–H groups in total. The predicted molar refractivity (Wildman–Crippen MR) is 86.3 cm³/mol. The van der Waals surface area contributed by atoms with Gasteiger partial charge in [0.05, 0.1) is 6.61 Å². The Balaban J connectivity index is 1.79. The number of benzene rings is 1. The zero-order chi connectivity index (χ0) is 15.8. The molecule has 5 heteroatoms. The van der Waals surface area contributed by atoms with Crippen molar-refractivity contribution >= 4 is 5.91 Å². The number of ether oxygens (including phenoxy) is 2. The Hall–Kier alpha value is -1.75. The molecule has 122 valence electrons. The van der Waals surface area contributed by atoms with E-state index in [1.54, 1.807) is 0 Å². The summed E-state index contributed by atoms with van der Waals surface area (Å²) in [6.45, 7) is 5.31. The Kier molecular flexibility index (Phi) is 6.52. The van der Waals surface area contributed by atoms with Crippen LogP contribution in [0.25, 0.3) is 0 Å². The first-order valence-electron chi connectivity index (χ1n) is 8.01. The van der Waals surface area contributed by atoms with E-state index in [1.807, 2.05) is 43.1 Å². The summed E-state index contributed by atoms with van der Waals surface area (Å²) in [7, 11) is 1.95. The number of rotatable bonds is 7. The molecule has 1 aliphatic heterocycles. The van der Waals surface area contributed by atoms with Gasteiger partial charge in [-0.3, -0.25) is 4.79 Å². The number of amides is 1. The summed E-state index contributed by atoms with van der Waals surface area (Å²) < 4.78 is 11.0. The van der Waals surface area contributed by atoms with Gasteiger partial charge in [0.15, 0.2) is 6.61 Å². The maximum Gasteiger partial charge on any atom is 0.260 e. The molecule has 0 bridgehead atoms. The third kappa shape index (κ3) is 4.91. The van der Waals surface area contributed by atoms with Crippen LogP contribution < -0.4 is 14.8 Å². The molecule has 1 aromatic rings. The molecule has 1 unspecified atom stereocenters. The fraction of sp³-hybridized carbons (Fsp3) is 0.588. The lowest BCUT2D eigenvalue weighted by molar-refractivity contribution is -0.135. The molecule has 5 nitrogen and oxygen atoms in total. The number of likely N-dealkylation sites (tertiary alicyclic amines) is 1. The van der Waals surface area contributed by atoms with Gasteiger partial charge in [0, 0.05) is 13.1 Å². The summed E-state index contributed by atoms with van der Waals surface area (Å²) in [5.74, 6) is 2.12. The summed E-state index contributed by atoms with van der Waals surface area (Å²) in [6.07, 6.45) is 2.26. The molecule has 0 aliphatic carbocycles. The van der Waals surface area contributed by atoms with Crippen molar-refractivity contribution in [2.75, 3.05) is 39.9 Å². The van der Waals surface area contributed by atoms with Crippen LogP contribution >= 0.6 is 0 Å². The number of hydrogen-bond acceptors (Lipinski definition) is 4. The van der Waals surface area contributed by atoms with Crippen LogP contribution in [0.5, 0.6) is 11.5 Å². The number of nitrogens with zero attached hydrogens (tertiary/aromatic N) is 1. The fourth-order valence-electron chi connectivity index (χ4n) is 2.78. The number of nitrogens with one attached hydrogen (secondary N) is 1. The first-order valence-corrected chi connectivity index (χ1v) is 8.01. The van der Waals surface area contributed by atoms with Gasteiger partial charge in [-0.1, -0.05) is 0 Å². The number of hydrogen-bond donors (Lipinski definition) is 1. The highest BCUT2D eigenvalue weighted by Gasteiger charge is 2.23. The summed E-state index contributed by atoms with van der Waals surface area (Å²) in [4.78, 5) is 14.2. The highest BCUT2D eigenvalue weighted by molar-refractivity contribution is 5.77. The van der Waals surface area contributed by atoms with Gasteiger partial charge in [-0.2, -0.15) is 0 Å². The Bertz CT molecular complexity index is 459. The van der Waals surface area contributed by atoms with Crippen LogP contribution in [-0.2, 0) is 4.79 Å². The van der Waals surface area contributed by atoms with E-state index in [0.717, 1.165) is 31.8 Å². The van der Waals surface area contributed by atoms with Crippen LogP contribution in [0.15, 0.2) is 24.3 Å². The molecule has 1 heterocycles. The van der Waals surface area contributed by atoms with Gasteiger partial charge in [-0.05, 0) is 63.5 Å². The summed E-state index contributed by atoms with van der Waals surface area (Å²) in [6, 6.07) is 7.37. The second-order valence-corrected chi connectivity index (χ2v) is 5.60. The third-order valence-electron chi connectivity index (χ3n) is 3.86. The average Bonchev–Trinajstić information content (AvgIpc) is 2.55. The van der Waals surface area contributed by atoms with E-state index in [1.165, 1.54) is 6.42 Å². The number of carbonyl (C=O) groups excluding carboxylic acids is 1. The minimum Gasteiger partial charge on any atom is -0.494 e. The molecular formula is C17H26N2O3. The smallest absolute Gasteiger partial charge is 0.260 e. The fourth-order valence-corrected chi connectivity index (χ4v) is 2.78. The van der Waals surface area contributed by atoms with Crippen LogP contribution in [0.2, 0.25) is 0 Å². The van der Waals surface area contributed by atoms with E-state index >= 15 is 0 Å². The molecule has 1 fully saturated rings. The molecule has 0 radical (unpaired) electrons. The van der Waals surface area contributed by atoms with Gasteiger partial charge in [0.25, 0.3) is 5.91 Å². The van der Waals surface area contributed by atoms with E-state index in [9.17, 15) is 4.79 Å². The first-order chi connectivity index (χ1) is 10.7. The normalized spacial score (nSPS) is 18.1.